The summed E-state index contributed by atoms with van der Waals surface area (Å²) in [5.74, 6) is -1.09. The Bertz CT molecular complexity index is 775. The fraction of sp³-hybridized carbons (Fsp3) is 0.412. The van der Waals surface area contributed by atoms with Crippen LogP contribution in [0.2, 0.25) is 0 Å². The van der Waals surface area contributed by atoms with E-state index in [9.17, 15) is 9.59 Å². The van der Waals surface area contributed by atoms with Crippen molar-refractivity contribution in [2.45, 2.75) is 31.9 Å². The molecule has 2 heterocycles. The normalized spacial score (nSPS) is 20.0. The van der Waals surface area contributed by atoms with Crippen LogP contribution >= 0.6 is 0 Å². The van der Waals surface area contributed by atoms with E-state index in [1.807, 2.05) is 13.0 Å². The number of aromatic nitrogens is 3. The van der Waals surface area contributed by atoms with E-state index < -0.39 is 5.97 Å². The van der Waals surface area contributed by atoms with Crippen LogP contribution in [0.4, 0.5) is 0 Å². The number of ether oxygens (including phenoxy) is 1. The van der Waals surface area contributed by atoms with E-state index in [2.05, 4.69) is 10.1 Å². The van der Waals surface area contributed by atoms with Crippen molar-refractivity contribution in [2.24, 2.45) is 0 Å². The number of aryl methyl sites for hydroxylation is 1. The lowest BCUT2D eigenvalue weighted by Gasteiger charge is -2.24. The van der Waals surface area contributed by atoms with E-state index in [1.54, 1.807) is 35.2 Å². The van der Waals surface area contributed by atoms with Gasteiger partial charge < -0.3 is 14.7 Å². The molecule has 3 rings (SSSR count). The molecule has 1 amide bonds. The Kier molecular flexibility index (Phi) is 4.80. The van der Waals surface area contributed by atoms with Crippen LogP contribution in [0.1, 0.15) is 28.8 Å². The minimum Gasteiger partial charge on any atom is -0.481 e. The standard InChI is InChI=1S/C17H20N4O4/c1-11-5-12(21-10-18-9-19-21)3-4-15(11)17(24)20-8-14(25-2)6-13(20)7-16(22)23/h3-5,9-10,13-14H,6-8H2,1-2H3,(H,22,23). The van der Waals surface area contributed by atoms with Gasteiger partial charge in [-0.1, -0.05) is 0 Å². The topological polar surface area (TPSA) is 97.6 Å². The molecule has 1 fully saturated rings. The van der Waals surface area contributed by atoms with Crippen LogP contribution in [0.3, 0.4) is 0 Å². The van der Waals surface area contributed by atoms with Crippen LogP contribution < -0.4 is 0 Å². The smallest absolute Gasteiger partial charge is 0.305 e. The number of aliphatic carboxylic acids is 1. The fourth-order valence-corrected chi connectivity index (χ4v) is 3.21. The molecule has 2 atom stereocenters. The van der Waals surface area contributed by atoms with E-state index in [1.165, 1.54) is 6.33 Å². The van der Waals surface area contributed by atoms with Gasteiger partial charge in [0.05, 0.1) is 18.2 Å². The molecule has 8 heteroatoms. The van der Waals surface area contributed by atoms with Crippen LogP contribution in [0.5, 0.6) is 0 Å². The highest BCUT2D eigenvalue weighted by atomic mass is 16.5. The number of carbonyl (C=O) groups is 2. The van der Waals surface area contributed by atoms with E-state index in [-0.39, 0.29) is 24.5 Å². The SMILES string of the molecule is COC1CC(CC(=O)O)N(C(=O)c2ccc(-n3cncn3)cc2C)C1. The summed E-state index contributed by atoms with van der Waals surface area (Å²) in [6.07, 6.45) is 3.35. The molecule has 132 valence electrons. The van der Waals surface area contributed by atoms with Gasteiger partial charge in [0.25, 0.3) is 5.91 Å². The Morgan fingerprint density at radius 2 is 2.20 bits per heavy atom. The molecule has 2 aromatic rings. The number of benzene rings is 1. The van der Waals surface area contributed by atoms with Crippen molar-refractivity contribution in [3.63, 3.8) is 0 Å². The van der Waals surface area contributed by atoms with Gasteiger partial charge in [0.15, 0.2) is 0 Å². The largest absolute Gasteiger partial charge is 0.481 e. The quantitative estimate of drug-likeness (QED) is 0.877. The van der Waals surface area contributed by atoms with Crippen molar-refractivity contribution < 1.29 is 19.4 Å². The third kappa shape index (κ3) is 3.53. The molecule has 25 heavy (non-hydrogen) atoms. The van der Waals surface area contributed by atoms with Gasteiger partial charge in [-0.3, -0.25) is 9.59 Å². The summed E-state index contributed by atoms with van der Waals surface area (Å²) in [6, 6.07) is 5.04. The number of nitrogens with zero attached hydrogens (tertiary/aromatic N) is 4. The lowest BCUT2D eigenvalue weighted by atomic mass is 10.1. The molecule has 0 spiro atoms. The molecule has 1 aromatic heterocycles. The van der Waals surface area contributed by atoms with Crippen LogP contribution in [0.15, 0.2) is 30.9 Å². The van der Waals surface area contributed by atoms with Gasteiger partial charge in [-0.2, -0.15) is 5.10 Å². The fourth-order valence-electron chi connectivity index (χ4n) is 3.21. The molecule has 0 radical (unpaired) electrons. The van der Waals surface area contributed by atoms with Gasteiger partial charge in [0, 0.05) is 25.3 Å². The van der Waals surface area contributed by atoms with Crippen LogP contribution in [0, 0.1) is 6.92 Å². The maximum absolute atomic E-state index is 13.0. The van der Waals surface area contributed by atoms with Crippen LogP contribution in [-0.4, -0.2) is 62.4 Å². The predicted molar refractivity (Wildman–Crippen MR) is 88.6 cm³/mol. The molecule has 1 aliphatic rings. The summed E-state index contributed by atoms with van der Waals surface area (Å²) in [5, 5.41) is 13.2. The number of rotatable bonds is 5. The van der Waals surface area contributed by atoms with Crippen molar-refractivity contribution in [3.8, 4) is 5.69 Å². The molecule has 1 aliphatic heterocycles. The first-order valence-electron chi connectivity index (χ1n) is 8.00. The lowest BCUT2D eigenvalue weighted by molar-refractivity contribution is -0.137. The Morgan fingerprint density at radius 3 is 2.80 bits per heavy atom. The number of methoxy groups -OCH3 is 1. The van der Waals surface area contributed by atoms with Crippen molar-refractivity contribution in [1.82, 2.24) is 19.7 Å². The van der Waals surface area contributed by atoms with Crippen molar-refractivity contribution in [2.75, 3.05) is 13.7 Å². The van der Waals surface area contributed by atoms with Gasteiger partial charge in [-0.15, -0.1) is 0 Å². The summed E-state index contributed by atoms with van der Waals surface area (Å²) in [4.78, 5) is 29.6. The maximum atomic E-state index is 13.0. The highest BCUT2D eigenvalue weighted by Crippen LogP contribution is 2.26. The molecule has 2 unspecified atom stereocenters. The second-order valence-corrected chi connectivity index (χ2v) is 6.14. The number of carbonyl (C=O) groups excluding carboxylic acids is 1. The lowest BCUT2D eigenvalue weighted by Crippen LogP contribution is -2.37. The van der Waals surface area contributed by atoms with E-state index in [0.29, 0.717) is 18.5 Å². The number of amides is 1. The monoisotopic (exact) mass is 344 g/mol. The van der Waals surface area contributed by atoms with Crippen LogP contribution in [0.25, 0.3) is 5.69 Å². The predicted octanol–water partition coefficient (Wildman–Crippen LogP) is 1.28. The zero-order valence-corrected chi connectivity index (χ0v) is 14.1. The van der Waals surface area contributed by atoms with E-state index >= 15 is 0 Å². The number of likely N-dealkylation sites (tertiary alicyclic amines) is 1. The molecule has 1 aromatic carbocycles. The number of carboxylic acid groups (broad SMARTS) is 1. The Morgan fingerprint density at radius 1 is 1.40 bits per heavy atom. The first-order chi connectivity index (χ1) is 12.0. The Hall–Kier alpha value is -2.74. The van der Waals surface area contributed by atoms with Gasteiger partial charge in [-0.05, 0) is 37.1 Å². The summed E-state index contributed by atoms with van der Waals surface area (Å²) < 4.78 is 6.95. The van der Waals surface area contributed by atoms with Crippen molar-refractivity contribution in [1.29, 1.82) is 0 Å². The van der Waals surface area contributed by atoms with Gasteiger partial charge in [0.1, 0.15) is 12.7 Å². The molecule has 1 saturated heterocycles. The second-order valence-electron chi connectivity index (χ2n) is 6.14. The molecule has 0 saturated carbocycles. The first-order valence-corrected chi connectivity index (χ1v) is 8.00. The van der Waals surface area contributed by atoms with Gasteiger partial charge in [-0.25, -0.2) is 9.67 Å². The second kappa shape index (κ2) is 7.02. The Balaban J connectivity index is 1.85. The zero-order valence-electron chi connectivity index (χ0n) is 14.1. The summed E-state index contributed by atoms with van der Waals surface area (Å²) in [5.41, 5.74) is 2.16. The number of hydrogen-bond donors (Lipinski definition) is 1. The molecule has 8 nitrogen and oxygen atoms in total. The summed E-state index contributed by atoms with van der Waals surface area (Å²) in [6.45, 7) is 2.25. The van der Waals surface area contributed by atoms with Gasteiger partial charge >= 0.3 is 5.97 Å². The minimum absolute atomic E-state index is 0.0817. The van der Waals surface area contributed by atoms with Crippen molar-refractivity contribution >= 4 is 11.9 Å². The van der Waals surface area contributed by atoms with E-state index in [0.717, 1.165) is 11.3 Å². The molecule has 1 N–H and O–H groups in total. The van der Waals surface area contributed by atoms with E-state index in [4.69, 9.17) is 9.84 Å². The number of hydrogen-bond acceptors (Lipinski definition) is 5. The molecular formula is C17H20N4O4. The highest BCUT2D eigenvalue weighted by molar-refractivity contribution is 5.96. The molecule has 0 bridgehead atoms. The summed E-state index contributed by atoms with van der Waals surface area (Å²) in [7, 11) is 1.58. The molecular weight excluding hydrogens is 324 g/mol. The highest BCUT2D eigenvalue weighted by Gasteiger charge is 2.37. The average molecular weight is 344 g/mol. The third-order valence-corrected chi connectivity index (χ3v) is 4.50. The first kappa shape index (κ1) is 17.1. The maximum Gasteiger partial charge on any atom is 0.305 e. The van der Waals surface area contributed by atoms with Crippen molar-refractivity contribution in [3.05, 3.63) is 42.0 Å². The Labute approximate surface area is 145 Å². The third-order valence-electron chi connectivity index (χ3n) is 4.50. The zero-order chi connectivity index (χ0) is 18.0. The number of carboxylic acids is 1. The van der Waals surface area contributed by atoms with Crippen LogP contribution in [-0.2, 0) is 9.53 Å². The van der Waals surface area contributed by atoms with Gasteiger partial charge in [0.2, 0.25) is 0 Å². The molecule has 0 aliphatic carbocycles. The summed E-state index contributed by atoms with van der Waals surface area (Å²) >= 11 is 0. The minimum atomic E-state index is -0.919. The average Bonchev–Trinajstić information content (AvgIpc) is 3.23.